The smallest absolute Gasteiger partial charge is 0.323 e. The Bertz CT molecular complexity index is 1010. The molecule has 0 spiro atoms. The van der Waals surface area contributed by atoms with Crippen LogP contribution in [-0.4, -0.2) is 114 Å². The molecule has 0 aromatic heterocycles. The Kier molecular flexibility index (Phi) is 13.3. The molecular weight excluding hydrogens is 544 g/mol. The van der Waals surface area contributed by atoms with Gasteiger partial charge in [-0.3, -0.25) is 39.2 Å². The SMILES string of the molecule is COC(=O)C(CCCc1ccc([N+](=O)[O-])cc1)N1CCN(CC(=O)OC(C)(C)C)CCN(CC(=O)OC(C)(C)C)CC1. The first-order valence-electron chi connectivity index (χ1n) is 14.5. The number of nitrogens with zero attached hydrogens (tertiary/aromatic N) is 4. The Balaban J connectivity index is 2.18. The monoisotopic (exact) mass is 592 g/mol. The maximum atomic E-state index is 13.0. The summed E-state index contributed by atoms with van der Waals surface area (Å²) < 4.78 is 16.3. The third kappa shape index (κ3) is 13.3. The van der Waals surface area contributed by atoms with Crippen molar-refractivity contribution in [3.8, 4) is 0 Å². The number of hydrogen-bond acceptors (Lipinski definition) is 11. The summed E-state index contributed by atoms with van der Waals surface area (Å²) in [5.41, 5.74) is -0.230. The van der Waals surface area contributed by atoms with E-state index in [9.17, 15) is 24.5 Å². The minimum absolute atomic E-state index is 0.0368. The predicted octanol–water partition coefficient (Wildman–Crippen LogP) is 3.06. The normalized spacial score (nSPS) is 16.9. The van der Waals surface area contributed by atoms with Crippen LogP contribution >= 0.6 is 0 Å². The second-order valence-corrected chi connectivity index (χ2v) is 12.6. The molecule has 0 saturated carbocycles. The van der Waals surface area contributed by atoms with E-state index in [-0.39, 0.29) is 36.7 Å². The Morgan fingerprint density at radius 1 is 0.833 bits per heavy atom. The number of nitro groups is 1. The van der Waals surface area contributed by atoms with E-state index in [2.05, 4.69) is 4.90 Å². The number of ether oxygens (including phenoxy) is 3. The zero-order valence-electron chi connectivity index (χ0n) is 26.2. The van der Waals surface area contributed by atoms with Crippen LogP contribution in [0.2, 0.25) is 0 Å². The van der Waals surface area contributed by atoms with Gasteiger partial charge in [-0.05, 0) is 66.4 Å². The molecule has 1 unspecified atom stereocenters. The van der Waals surface area contributed by atoms with Gasteiger partial charge < -0.3 is 14.2 Å². The van der Waals surface area contributed by atoms with Crippen LogP contribution in [0.3, 0.4) is 0 Å². The summed E-state index contributed by atoms with van der Waals surface area (Å²) in [5.74, 6) is -1.02. The molecule has 1 saturated heterocycles. The van der Waals surface area contributed by atoms with E-state index in [1.807, 2.05) is 51.3 Å². The Labute approximate surface area is 249 Å². The van der Waals surface area contributed by atoms with Gasteiger partial charge in [0.1, 0.15) is 17.2 Å². The van der Waals surface area contributed by atoms with Crippen LogP contribution in [0.5, 0.6) is 0 Å². The maximum Gasteiger partial charge on any atom is 0.323 e. The van der Waals surface area contributed by atoms with E-state index >= 15 is 0 Å². The van der Waals surface area contributed by atoms with Crippen molar-refractivity contribution in [2.45, 2.75) is 78.0 Å². The number of methoxy groups -OCH3 is 1. The van der Waals surface area contributed by atoms with E-state index in [0.29, 0.717) is 58.5 Å². The van der Waals surface area contributed by atoms with Crippen molar-refractivity contribution in [1.29, 1.82) is 0 Å². The van der Waals surface area contributed by atoms with Gasteiger partial charge in [0.15, 0.2) is 0 Å². The van der Waals surface area contributed by atoms with Crippen molar-refractivity contribution < 1.29 is 33.5 Å². The molecule has 1 atom stereocenters. The molecule has 1 aliphatic heterocycles. The second kappa shape index (κ2) is 15.9. The zero-order chi connectivity index (χ0) is 31.5. The Morgan fingerprint density at radius 3 is 1.69 bits per heavy atom. The molecule has 1 fully saturated rings. The number of non-ortho nitro benzene ring substituents is 1. The lowest BCUT2D eigenvalue weighted by molar-refractivity contribution is -0.384. The molecule has 0 radical (unpaired) electrons. The van der Waals surface area contributed by atoms with Crippen LogP contribution in [0.1, 0.15) is 59.9 Å². The van der Waals surface area contributed by atoms with Gasteiger partial charge in [-0.15, -0.1) is 0 Å². The van der Waals surface area contributed by atoms with E-state index < -0.39 is 22.2 Å². The molecule has 12 heteroatoms. The number of rotatable bonds is 11. The number of carbonyl (C=O) groups is 3. The third-order valence-corrected chi connectivity index (χ3v) is 6.69. The van der Waals surface area contributed by atoms with Crippen molar-refractivity contribution >= 4 is 23.6 Å². The number of benzene rings is 1. The Morgan fingerprint density at radius 2 is 1.29 bits per heavy atom. The standard InChI is InChI=1S/C30H48N4O8/c1-29(2,3)41-26(35)21-31-15-16-32(22-27(36)42-30(4,5)6)18-20-33(19-17-31)25(28(37)40-7)10-8-9-23-11-13-24(14-12-23)34(38)39/h11-14,25H,8-10,15-22H2,1-7H3. The minimum Gasteiger partial charge on any atom is -0.468 e. The first kappa shape index (κ1) is 35.1. The van der Waals surface area contributed by atoms with Crippen LogP contribution in [0, 0.1) is 10.1 Å². The van der Waals surface area contributed by atoms with Gasteiger partial charge in [0, 0.05) is 51.4 Å². The van der Waals surface area contributed by atoms with Crippen LogP contribution in [-0.2, 0) is 35.0 Å². The number of esters is 3. The largest absolute Gasteiger partial charge is 0.468 e. The average Bonchev–Trinajstić information content (AvgIpc) is 2.95. The van der Waals surface area contributed by atoms with Gasteiger partial charge in [0.25, 0.3) is 5.69 Å². The van der Waals surface area contributed by atoms with Gasteiger partial charge in [-0.1, -0.05) is 12.1 Å². The first-order valence-corrected chi connectivity index (χ1v) is 14.5. The molecule has 1 heterocycles. The second-order valence-electron chi connectivity index (χ2n) is 12.6. The molecule has 0 aliphatic carbocycles. The molecule has 12 nitrogen and oxygen atoms in total. The summed E-state index contributed by atoms with van der Waals surface area (Å²) in [4.78, 5) is 54.8. The van der Waals surface area contributed by atoms with E-state index in [1.54, 1.807) is 12.1 Å². The molecule has 0 bridgehead atoms. The molecule has 236 valence electrons. The predicted molar refractivity (Wildman–Crippen MR) is 158 cm³/mol. The third-order valence-electron chi connectivity index (χ3n) is 6.69. The van der Waals surface area contributed by atoms with Crippen LogP contribution in [0.4, 0.5) is 5.69 Å². The fraction of sp³-hybridized carbons (Fsp3) is 0.700. The van der Waals surface area contributed by atoms with Gasteiger partial charge in [0.2, 0.25) is 0 Å². The van der Waals surface area contributed by atoms with E-state index in [0.717, 1.165) is 5.56 Å². The van der Waals surface area contributed by atoms with Crippen molar-refractivity contribution in [2.24, 2.45) is 0 Å². The summed E-state index contributed by atoms with van der Waals surface area (Å²) in [6.07, 6.45) is 1.83. The van der Waals surface area contributed by atoms with Crippen molar-refractivity contribution in [3.63, 3.8) is 0 Å². The number of hydrogen-bond donors (Lipinski definition) is 0. The van der Waals surface area contributed by atoms with Crippen molar-refractivity contribution in [2.75, 3.05) is 59.5 Å². The quantitative estimate of drug-likeness (QED) is 0.163. The average molecular weight is 593 g/mol. The molecule has 0 amide bonds. The number of carbonyl (C=O) groups excluding carboxylic acids is 3. The molecule has 0 N–H and O–H groups in total. The van der Waals surface area contributed by atoms with Crippen LogP contribution < -0.4 is 0 Å². The van der Waals surface area contributed by atoms with Gasteiger partial charge in [0.05, 0.1) is 25.1 Å². The lowest BCUT2D eigenvalue weighted by atomic mass is 10.0. The summed E-state index contributed by atoms with van der Waals surface area (Å²) in [6, 6.07) is 5.89. The summed E-state index contributed by atoms with van der Waals surface area (Å²) in [6.45, 7) is 14.3. The zero-order valence-corrected chi connectivity index (χ0v) is 26.2. The number of nitro benzene ring substituents is 1. The van der Waals surface area contributed by atoms with Crippen molar-refractivity contribution in [1.82, 2.24) is 14.7 Å². The summed E-state index contributed by atoms with van der Waals surface area (Å²) in [5, 5.41) is 11.0. The highest BCUT2D eigenvalue weighted by Crippen LogP contribution is 2.17. The Hall–Kier alpha value is -3.09. The fourth-order valence-corrected chi connectivity index (χ4v) is 4.77. The first-order chi connectivity index (χ1) is 19.6. The minimum atomic E-state index is -0.606. The topological polar surface area (TPSA) is 132 Å². The van der Waals surface area contributed by atoms with E-state index in [1.165, 1.54) is 19.2 Å². The molecule has 1 aromatic carbocycles. The molecule has 1 aliphatic rings. The lowest BCUT2D eigenvalue weighted by Crippen LogP contribution is -2.47. The number of aryl methyl sites for hydroxylation is 1. The molecular formula is C30H48N4O8. The highest BCUT2D eigenvalue weighted by Gasteiger charge is 2.30. The molecule has 42 heavy (non-hydrogen) atoms. The van der Waals surface area contributed by atoms with Crippen LogP contribution in [0.15, 0.2) is 24.3 Å². The summed E-state index contributed by atoms with van der Waals surface area (Å²) in [7, 11) is 1.37. The fourth-order valence-electron chi connectivity index (χ4n) is 4.77. The molecule has 1 aromatic rings. The highest BCUT2D eigenvalue weighted by atomic mass is 16.6. The van der Waals surface area contributed by atoms with Gasteiger partial charge >= 0.3 is 17.9 Å². The lowest BCUT2D eigenvalue weighted by Gasteiger charge is -2.31. The summed E-state index contributed by atoms with van der Waals surface area (Å²) >= 11 is 0. The van der Waals surface area contributed by atoms with Crippen LogP contribution in [0.25, 0.3) is 0 Å². The maximum absolute atomic E-state index is 13.0. The van der Waals surface area contributed by atoms with E-state index in [4.69, 9.17) is 14.2 Å². The van der Waals surface area contributed by atoms with Crippen molar-refractivity contribution in [3.05, 3.63) is 39.9 Å². The molecule has 2 rings (SSSR count). The highest BCUT2D eigenvalue weighted by molar-refractivity contribution is 5.75. The van der Waals surface area contributed by atoms with Gasteiger partial charge in [-0.25, -0.2) is 0 Å². The van der Waals surface area contributed by atoms with Gasteiger partial charge in [-0.2, -0.15) is 0 Å².